The van der Waals surface area contributed by atoms with Crippen molar-refractivity contribution in [3.8, 4) is 0 Å². The Morgan fingerprint density at radius 3 is 2.65 bits per heavy atom. The van der Waals surface area contributed by atoms with Crippen molar-refractivity contribution in [3.63, 3.8) is 0 Å². The van der Waals surface area contributed by atoms with Crippen LogP contribution in [-0.2, 0) is 0 Å². The van der Waals surface area contributed by atoms with Crippen LogP contribution in [0.2, 0.25) is 0 Å². The molecule has 0 aromatic rings. The maximum absolute atomic E-state index is 10.3. The van der Waals surface area contributed by atoms with E-state index in [0.29, 0.717) is 23.8 Å². The standard InChI is InChI=1S/C14H23NO2/c1-8-2-4-10-11-5-3-9(16)6-13(11)15-7-12(10)14(8)17/h7-14,16-17H,2-6H2,1H3. The molecule has 17 heavy (non-hydrogen) atoms. The second-order valence-corrected chi connectivity index (χ2v) is 6.28. The monoisotopic (exact) mass is 237 g/mol. The summed E-state index contributed by atoms with van der Waals surface area (Å²) < 4.78 is 0. The van der Waals surface area contributed by atoms with Crippen molar-refractivity contribution < 1.29 is 10.2 Å². The van der Waals surface area contributed by atoms with E-state index in [0.717, 1.165) is 25.7 Å². The molecule has 1 aliphatic heterocycles. The molecular formula is C14H23NO2. The van der Waals surface area contributed by atoms with Gasteiger partial charge >= 0.3 is 0 Å². The lowest BCUT2D eigenvalue weighted by molar-refractivity contribution is -0.0205. The zero-order chi connectivity index (χ0) is 12.0. The molecular weight excluding hydrogens is 214 g/mol. The van der Waals surface area contributed by atoms with Gasteiger partial charge < -0.3 is 10.2 Å². The van der Waals surface area contributed by atoms with Crippen LogP contribution in [0.15, 0.2) is 4.99 Å². The van der Waals surface area contributed by atoms with Crippen LogP contribution in [0.5, 0.6) is 0 Å². The number of fused-ring (bicyclic) bond motifs is 3. The molecule has 7 atom stereocenters. The van der Waals surface area contributed by atoms with Crippen molar-refractivity contribution in [2.24, 2.45) is 28.7 Å². The zero-order valence-electron chi connectivity index (χ0n) is 10.5. The summed E-state index contributed by atoms with van der Waals surface area (Å²) in [6.07, 6.45) is 6.86. The van der Waals surface area contributed by atoms with Gasteiger partial charge in [-0.05, 0) is 49.9 Å². The Bertz CT molecular complexity index is 317. The molecule has 2 saturated carbocycles. The lowest BCUT2D eigenvalue weighted by atomic mass is 9.62. The molecule has 0 bridgehead atoms. The van der Waals surface area contributed by atoms with Gasteiger partial charge in [0, 0.05) is 12.1 Å². The third-order valence-electron chi connectivity index (χ3n) is 5.27. The third kappa shape index (κ3) is 1.93. The molecule has 0 aromatic heterocycles. The largest absolute Gasteiger partial charge is 0.393 e. The van der Waals surface area contributed by atoms with Crippen molar-refractivity contribution >= 4 is 6.21 Å². The topological polar surface area (TPSA) is 52.8 Å². The van der Waals surface area contributed by atoms with Crippen LogP contribution in [0.1, 0.15) is 39.0 Å². The van der Waals surface area contributed by atoms with E-state index in [1.54, 1.807) is 0 Å². The molecule has 0 amide bonds. The maximum atomic E-state index is 10.3. The summed E-state index contributed by atoms with van der Waals surface area (Å²) in [6.45, 7) is 2.14. The van der Waals surface area contributed by atoms with Crippen molar-refractivity contribution in [2.75, 3.05) is 0 Å². The minimum Gasteiger partial charge on any atom is -0.393 e. The van der Waals surface area contributed by atoms with E-state index in [-0.39, 0.29) is 18.1 Å². The number of aliphatic imine (C=N–C) groups is 1. The Kier molecular flexibility index (Phi) is 2.99. The number of hydrogen-bond acceptors (Lipinski definition) is 3. The summed E-state index contributed by atoms with van der Waals surface area (Å²) in [5.41, 5.74) is 0. The lowest BCUT2D eigenvalue weighted by Crippen LogP contribution is -2.49. The average Bonchev–Trinajstić information content (AvgIpc) is 2.33. The normalized spacial score (nSPS) is 53.9. The van der Waals surface area contributed by atoms with E-state index in [1.165, 1.54) is 6.42 Å². The second-order valence-electron chi connectivity index (χ2n) is 6.28. The van der Waals surface area contributed by atoms with E-state index in [2.05, 4.69) is 11.9 Å². The Morgan fingerprint density at radius 1 is 1.06 bits per heavy atom. The number of aliphatic hydroxyl groups is 2. The predicted molar refractivity (Wildman–Crippen MR) is 67.0 cm³/mol. The van der Waals surface area contributed by atoms with Crippen molar-refractivity contribution in [1.29, 1.82) is 0 Å². The molecule has 3 aliphatic rings. The lowest BCUT2D eigenvalue weighted by Gasteiger charge is -2.48. The molecule has 1 heterocycles. The van der Waals surface area contributed by atoms with Gasteiger partial charge in [-0.1, -0.05) is 6.92 Å². The van der Waals surface area contributed by atoms with Crippen LogP contribution in [0, 0.1) is 23.7 Å². The van der Waals surface area contributed by atoms with Gasteiger partial charge in [0.2, 0.25) is 0 Å². The molecule has 0 aromatic carbocycles. The van der Waals surface area contributed by atoms with Gasteiger partial charge in [0.05, 0.1) is 18.2 Å². The first kappa shape index (κ1) is 11.7. The van der Waals surface area contributed by atoms with Gasteiger partial charge in [-0.2, -0.15) is 0 Å². The van der Waals surface area contributed by atoms with Crippen LogP contribution >= 0.6 is 0 Å². The first-order valence-corrected chi connectivity index (χ1v) is 7.06. The van der Waals surface area contributed by atoms with Gasteiger partial charge in [0.25, 0.3) is 0 Å². The smallest absolute Gasteiger partial charge is 0.0645 e. The SMILES string of the molecule is CC1CCC2C(C=NC3CC(O)CCC32)C1O. The molecule has 3 rings (SSSR count). The molecule has 2 aliphatic carbocycles. The highest BCUT2D eigenvalue weighted by Gasteiger charge is 2.45. The highest BCUT2D eigenvalue weighted by atomic mass is 16.3. The van der Waals surface area contributed by atoms with Crippen molar-refractivity contribution in [2.45, 2.75) is 57.3 Å². The zero-order valence-corrected chi connectivity index (χ0v) is 10.5. The molecule has 2 N–H and O–H groups in total. The second kappa shape index (κ2) is 4.36. The summed E-state index contributed by atoms with van der Waals surface area (Å²) in [5.74, 6) is 1.90. The highest BCUT2D eigenvalue weighted by Crippen LogP contribution is 2.46. The number of aliphatic hydroxyl groups excluding tert-OH is 2. The van der Waals surface area contributed by atoms with Gasteiger partial charge in [0.1, 0.15) is 0 Å². The first-order chi connectivity index (χ1) is 8.16. The number of nitrogens with zero attached hydrogens (tertiary/aromatic N) is 1. The van der Waals surface area contributed by atoms with Crippen LogP contribution in [0.3, 0.4) is 0 Å². The van der Waals surface area contributed by atoms with Crippen molar-refractivity contribution in [1.82, 2.24) is 0 Å². The van der Waals surface area contributed by atoms with Crippen LogP contribution in [-0.4, -0.2) is 34.7 Å². The van der Waals surface area contributed by atoms with Crippen LogP contribution < -0.4 is 0 Å². The number of rotatable bonds is 0. The summed E-state index contributed by atoms with van der Waals surface area (Å²) >= 11 is 0. The molecule has 3 nitrogen and oxygen atoms in total. The Labute approximate surface area is 103 Å². The fourth-order valence-electron chi connectivity index (χ4n) is 4.18. The fourth-order valence-corrected chi connectivity index (χ4v) is 4.18. The number of hydrogen-bond donors (Lipinski definition) is 2. The predicted octanol–water partition coefficient (Wildman–Crippen LogP) is 1.62. The van der Waals surface area contributed by atoms with Crippen LogP contribution in [0.25, 0.3) is 0 Å². The summed E-state index contributed by atoms with van der Waals surface area (Å²) in [6, 6.07) is 0.320. The highest BCUT2D eigenvalue weighted by molar-refractivity contribution is 5.64. The van der Waals surface area contributed by atoms with Crippen molar-refractivity contribution in [3.05, 3.63) is 0 Å². The molecule has 96 valence electrons. The van der Waals surface area contributed by atoms with E-state index in [4.69, 9.17) is 0 Å². The minimum absolute atomic E-state index is 0.155. The van der Waals surface area contributed by atoms with Gasteiger partial charge in [-0.15, -0.1) is 0 Å². The molecule has 3 heteroatoms. The maximum Gasteiger partial charge on any atom is 0.0645 e. The molecule has 2 fully saturated rings. The molecule has 0 saturated heterocycles. The Balaban J connectivity index is 1.82. The van der Waals surface area contributed by atoms with Gasteiger partial charge in [0.15, 0.2) is 0 Å². The van der Waals surface area contributed by atoms with E-state index >= 15 is 0 Å². The average molecular weight is 237 g/mol. The van der Waals surface area contributed by atoms with Crippen LogP contribution in [0.4, 0.5) is 0 Å². The fraction of sp³-hybridized carbons (Fsp3) is 0.929. The summed E-state index contributed by atoms with van der Waals surface area (Å²) in [4.78, 5) is 4.63. The van der Waals surface area contributed by atoms with E-state index in [1.807, 2.05) is 6.21 Å². The van der Waals surface area contributed by atoms with Gasteiger partial charge in [-0.3, -0.25) is 4.99 Å². The third-order valence-corrected chi connectivity index (χ3v) is 5.27. The Morgan fingerprint density at radius 2 is 1.82 bits per heavy atom. The quantitative estimate of drug-likeness (QED) is 0.672. The molecule has 7 unspecified atom stereocenters. The Hall–Kier alpha value is -0.410. The van der Waals surface area contributed by atoms with E-state index in [9.17, 15) is 10.2 Å². The summed E-state index contributed by atoms with van der Waals surface area (Å²) in [5, 5.41) is 20.0. The van der Waals surface area contributed by atoms with E-state index < -0.39 is 0 Å². The molecule has 0 radical (unpaired) electrons. The molecule has 0 spiro atoms. The van der Waals surface area contributed by atoms with Gasteiger partial charge in [-0.25, -0.2) is 0 Å². The minimum atomic E-state index is -0.203. The first-order valence-electron chi connectivity index (χ1n) is 7.06. The summed E-state index contributed by atoms with van der Waals surface area (Å²) in [7, 11) is 0.